The zero-order chi connectivity index (χ0) is 10.7. The first-order valence-corrected chi connectivity index (χ1v) is 6.04. The van der Waals surface area contributed by atoms with Crippen molar-refractivity contribution in [2.75, 3.05) is 18.5 Å². The molecule has 1 aliphatic carbocycles. The molecule has 0 aromatic carbocycles. The van der Waals surface area contributed by atoms with Gasteiger partial charge in [-0.15, -0.1) is 11.3 Å². The van der Waals surface area contributed by atoms with Crippen LogP contribution in [0.1, 0.15) is 30.3 Å². The number of carbonyl (C=O) groups is 1. The zero-order valence-corrected chi connectivity index (χ0v) is 9.47. The molecule has 1 heterocycles. The van der Waals surface area contributed by atoms with Gasteiger partial charge in [0.25, 0.3) is 0 Å². The van der Waals surface area contributed by atoms with Crippen LogP contribution in [-0.4, -0.2) is 24.1 Å². The predicted octanol–water partition coefficient (Wildman–Crippen LogP) is 2.14. The third-order valence-electron chi connectivity index (χ3n) is 2.23. The normalized spacial score (nSPS) is 15.0. The number of hydrogen-bond acceptors (Lipinski definition) is 5. The molecule has 2 rings (SSSR count). The molecule has 0 spiro atoms. The van der Waals surface area contributed by atoms with Crippen LogP contribution in [0.4, 0.5) is 5.13 Å². The predicted molar refractivity (Wildman–Crippen MR) is 59.3 cm³/mol. The lowest BCUT2D eigenvalue weighted by Crippen LogP contribution is -2.06. The monoisotopic (exact) mass is 226 g/mol. The molecule has 4 nitrogen and oxygen atoms in total. The molecule has 1 aromatic heterocycles. The maximum absolute atomic E-state index is 11.3. The summed E-state index contributed by atoms with van der Waals surface area (Å²) < 4.78 is 4.86. The number of hydrogen-bond donors (Lipinski definition) is 1. The van der Waals surface area contributed by atoms with Crippen molar-refractivity contribution in [3.8, 4) is 0 Å². The van der Waals surface area contributed by atoms with E-state index in [0.29, 0.717) is 12.3 Å². The van der Waals surface area contributed by atoms with E-state index in [1.165, 1.54) is 24.2 Å². The number of ether oxygens (including phenoxy) is 1. The maximum atomic E-state index is 11.3. The van der Waals surface area contributed by atoms with Gasteiger partial charge < -0.3 is 10.1 Å². The molecule has 0 unspecified atom stereocenters. The van der Waals surface area contributed by atoms with Crippen LogP contribution in [0, 0.1) is 5.92 Å². The molecule has 1 fully saturated rings. The molecule has 0 amide bonds. The summed E-state index contributed by atoms with van der Waals surface area (Å²) in [6.45, 7) is 3.15. The molecule has 1 N–H and O–H groups in total. The fraction of sp³-hybridized carbons (Fsp3) is 0.600. The number of nitrogens with zero attached hydrogens (tertiary/aromatic N) is 1. The molecule has 1 aliphatic rings. The standard InChI is InChI=1S/C10H14N2O2S/c1-2-14-9(13)8-6-15-10(12-8)11-5-7-3-4-7/h6-7H,2-5H2,1H3,(H,11,12). The highest BCUT2D eigenvalue weighted by Crippen LogP contribution is 2.29. The van der Waals surface area contributed by atoms with Crippen LogP contribution in [0.5, 0.6) is 0 Å². The number of anilines is 1. The van der Waals surface area contributed by atoms with E-state index in [1.54, 1.807) is 12.3 Å². The van der Waals surface area contributed by atoms with Gasteiger partial charge in [0.1, 0.15) is 0 Å². The minimum absolute atomic E-state index is 0.340. The van der Waals surface area contributed by atoms with Crippen LogP contribution in [-0.2, 0) is 4.74 Å². The Morgan fingerprint density at radius 1 is 1.73 bits per heavy atom. The van der Waals surface area contributed by atoms with Crippen molar-refractivity contribution >= 4 is 22.4 Å². The van der Waals surface area contributed by atoms with Crippen molar-refractivity contribution < 1.29 is 9.53 Å². The number of aromatic nitrogens is 1. The van der Waals surface area contributed by atoms with E-state index < -0.39 is 0 Å². The van der Waals surface area contributed by atoms with Crippen LogP contribution in [0.3, 0.4) is 0 Å². The molecule has 15 heavy (non-hydrogen) atoms. The highest BCUT2D eigenvalue weighted by atomic mass is 32.1. The van der Waals surface area contributed by atoms with E-state index in [1.807, 2.05) is 0 Å². The minimum Gasteiger partial charge on any atom is -0.461 e. The first kappa shape index (κ1) is 10.4. The Kier molecular flexibility index (Phi) is 3.20. The molecular weight excluding hydrogens is 212 g/mol. The van der Waals surface area contributed by atoms with Gasteiger partial charge >= 0.3 is 5.97 Å². The van der Waals surface area contributed by atoms with Crippen molar-refractivity contribution in [3.05, 3.63) is 11.1 Å². The van der Waals surface area contributed by atoms with Crippen molar-refractivity contribution in [3.63, 3.8) is 0 Å². The second-order valence-corrected chi connectivity index (χ2v) is 4.44. The highest BCUT2D eigenvalue weighted by Gasteiger charge is 2.21. The van der Waals surface area contributed by atoms with Gasteiger partial charge in [0.05, 0.1) is 6.61 Å². The third kappa shape index (κ3) is 2.92. The Morgan fingerprint density at radius 2 is 2.53 bits per heavy atom. The fourth-order valence-corrected chi connectivity index (χ4v) is 1.90. The second-order valence-electron chi connectivity index (χ2n) is 3.58. The topological polar surface area (TPSA) is 51.2 Å². The van der Waals surface area contributed by atoms with Crippen LogP contribution >= 0.6 is 11.3 Å². The number of nitrogens with one attached hydrogen (secondary N) is 1. The maximum Gasteiger partial charge on any atom is 0.357 e. The second kappa shape index (κ2) is 4.61. The van der Waals surface area contributed by atoms with E-state index >= 15 is 0 Å². The summed E-state index contributed by atoms with van der Waals surface area (Å²) in [7, 11) is 0. The summed E-state index contributed by atoms with van der Waals surface area (Å²) >= 11 is 1.45. The van der Waals surface area contributed by atoms with Crippen molar-refractivity contribution in [1.82, 2.24) is 4.98 Å². The van der Waals surface area contributed by atoms with Gasteiger partial charge in [0.2, 0.25) is 0 Å². The molecule has 0 aliphatic heterocycles. The van der Waals surface area contributed by atoms with E-state index in [9.17, 15) is 4.79 Å². The Labute approximate surface area is 92.7 Å². The number of carbonyl (C=O) groups excluding carboxylic acids is 1. The van der Waals surface area contributed by atoms with E-state index in [-0.39, 0.29) is 5.97 Å². The molecular formula is C10H14N2O2S. The quantitative estimate of drug-likeness (QED) is 0.781. The van der Waals surface area contributed by atoms with Crippen molar-refractivity contribution in [2.45, 2.75) is 19.8 Å². The first-order valence-electron chi connectivity index (χ1n) is 5.16. The molecule has 1 aromatic rings. The zero-order valence-electron chi connectivity index (χ0n) is 8.66. The van der Waals surface area contributed by atoms with Gasteiger partial charge in [-0.2, -0.15) is 0 Å². The summed E-state index contributed by atoms with van der Waals surface area (Å²) in [4.78, 5) is 15.5. The number of thiazole rings is 1. The first-order chi connectivity index (χ1) is 7.29. The average Bonchev–Trinajstić information content (AvgIpc) is 2.93. The summed E-state index contributed by atoms with van der Waals surface area (Å²) in [6.07, 6.45) is 2.62. The summed E-state index contributed by atoms with van der Waals surface area (Å²) in [5.41, 5.74) is 0.403. The van der Waals surface area contributed by atoms with Crippen LogP contribution in [0.2, 0.25) is 0 Å². The van der Waals surface area contributed by atoms with Gasteiger partial charge in [-0.05, 0) is 25.7 Å². The lowest BCUT2D eigenvalue weighted by Gasteiger charge is -1.99. The van der Waals surface area contributed by atoms with Crippen LogP contribution < -0.4 is 5.32 Å². The van der Waals surface area contributed by atoms with Crippen LogP contribution in [0.25, 0.3) is 0 Å². The fourth-order valence-electron chi connectivity index (χ4n) is 1.21. The number of esters is 1. The molecule has 0 saturated heterocycles. The van der Waals surface area contributed by atoms with Crippen molar-refractivity contribution in [2.24, 2.45) is 5.92 Å². The molecule has 0 atom stereocenters. The summed E-state index contributed by atoms with van der Waals surface area (Å²) in [5.74, 6) is 0.466. The molecule has 5 heteroatoms. The van der Waals surface area contributed by atoms with E-state index in [2.05, 4.69) is 10.3 Å². The molecule has 0 radical (unpaired) electrons. The number of rotatable bonds is 5. The average molecular weight is 226 g/mol. The Balaban J connectivity index is 1.87. The molecule has 82 valence electrons. The van der Waals surface area contributed by atoms with E-state index in [4.69, 9.17) is 4.74 Å². The Hall–Kier alpha value is -1.10. The minimum atomic E-state index is -0.340. The largest absolute Gasteiger partial charge is 0.461 e. The van der Waals surface area contributed by atoms with Gasteiger partial charge in [-0.3, -0.25) is 0 Å². The third-order valence-corrected chi connectivity index (χ3v) is 3.03. The van der Waals surface area contributed by atoms with Gasteiger partial charge in [-0.25, -0.2) is 9.78 Å². The Morgan fingerprint density at radius 3 is 3.20 bits per heavy atom. The molecule has 1 saturated carbocycles. The van der Waals surface area contributed by atoms with Crippen molar-refractivity contribution in [1.29, 1.82) is 0 Å². The summed E-state index contributed by atoms with van der Waals surface area (Å²) in [5, 5.41) is 5.76. The SMILES string of the molecule is CCOC(=O)c1csc(NCC2CC2)n1. The van der Waals surface area contributed by atoms with Gasteiger partial charge in [0.15, 0.2) is 10.8 Å². The van der Waals surface area contributed by atoms with Gasteiger partial charge in [-0.1, -0.05) is 0 Å². The smallest absolute Gasteiger partial charge is 0.357 e. The lowest BCUT2D eigenvalue weighted by atomic mass is 10.4. The highest BCUT2D eigenvalue weighted by molar-refractivity contribution is 7.13. The van der Waals surface area contributed by atoms with Crippen LogP contribution in [0.15, 0.2) is 5.38 Å². The molecule has 0 bridgehead atoms. The Bertz CT molecular complexity index is 347. The van der Waals surface area contributed by atoms with E-state index in [0.717, 1.165) is 17.6 Å². The summed E-state index contributed by atoms with van der Waals surface area (Å²) in [6, 6.07) is 0. The lowest BCUT2D eigenvalue weighted by molar-refractivity contribution is 0.0520. The van der Waals surface area contributed by atoms with Gasteiger partial charge in [0, 0.05) is 11.9 Å².